The van der Waals surface area contributed by atoms with Gasteiger partial charge in [0.25, 0.3) is 0 Å². The van der Waals surface area contributed by atoms with Gasteiger partial charge < -0.3 is 10.0 Å². The highest BCUT2D eigenvalue weighted by Crippen LogP contribution is 2.37. The monoisotopic (exact) mass is 266 g/mol. The van der Waals surface area contributed by atoms with E-state index >= 15 is 0 Å². The van der Waals surface area contributed by atoms with Crippen molar-refractivity contribution in [3.63, 3.8) is 0 Å². The summed E-state index contributed by atoms with van der Waals surface area (Å²) in [6.07, 6.45) is 1.55. The van der Waals surface area contributed by atoms with E-state index in [1.54, 1.807) is 0 Å². The van der Waals surface area contributed by atoms with Crippen LogP contribution < -0.4 is 0 Å². The zero-order valence-electron chi connectivity index (χ0n) is 8.15. The lowest BCUT2D eigenvalue weighted by molar-refractivity contribution is 0.0576. The summed E-state index contributed by atoms with van der Waals surface area (Å²) in [6.45, 7) is 0.909. The predicted octanol–water partition coefficient (Wildman–Crippen LogP) is 2.58. The van der Waals surface area contributed by atoms with E-state index in [1.165, 1.54) is 0 Å². The highest BCUT2D eigenvalue weighted by atomic mass is 79.9. The second-order valence-electron chi connectivity index (χ2n) is 3.90. The number of amidine groups is 1. The van der Waals surface area contributed by atoms with Crippen LogP contribution in [0.1, 0.15) is 24.6 Å². The molecule has 78 valence electrons. The zero-order valence-corrected chi connectivity index (χ0v) is 9.74. The number of rotatable bonds is 0. The van der Waals surface area contributed by atoms with Crippen LogP contribution >= 0.6 is 15.9 Å². The second kappa shape index (κ2) is 3.32. The number of aliphatic imine (C=N–C) groups is 1. The first-order valence-corrected chi connectivity index (χ1v) is 5.87. The fourth-order valence-electron chi connectivity index (χ4n) is 2.20. The highest BCUT2D eigenvalue weighted by Gasteiger charge is 2.31. The minimum absolute atomic E-state index is 0.521. The lowest BCUT2D eigenvalue weighted by Crippen LogP contribution is -2.32. The van der Waals surface area contributed by atoms with Crippen molar-refractivity contribution in [1.29, 1.82) is 0 Å². The fourth-order valence-corrected chi connectivity index (χ4v) is 2.58. The van der Waals surface area contributed by atoms with E-state index in [1.807, 2.05) is 23.1 Å². The van der Waals surface area contributed by atoms with Crippen LogP contribution in [0.4, 0.5) is 5.69 Å². The molecule has 1 aromatic carbocycles. The largest absolute Gasteiger partial charge is 0.369 e. The molecule has 2 heterocycles. The summed E-state index contributed by atoms with van der Waals surface area (Å²) in [4.78, 5) is 6.54. The highest BCUT2D eigenvalue weighted by molar-refractivity contribution is 9.10. The van der Waals surface area contributed by atoms with Crippen molar-refractivity contribution < 1.29 is 5.11 Å². The van der Waals surface area contributed by atoms with Crippen molar-refractivity contribution in [2.24, 2.45) is 4.99 Å². The van der Waals surface area contributed by atoms with Gasteiger partial charge in [-0.3, -0.25) is 0 Å². The molecule has 4 heteroatoms. The minimum atomic E-state index is -0.521. The summed E-state index contributed by atoms with van der Waals surface area (Å²) in [5.41, 5.74) is 1.80. The van der Waals surface area contributed by atoms with Crippen molar-refractivity contribution >= 4 is 27.5 Å². The van der Waals surface area contributed by atoms with Crippen molar-refractivity contribution in [3.8, 4) is 0 Å². The van der Waals surface area contributed by atoms with Gasteiger partial charge in [0.2, 0.25) is 0 Å². The SMILES string of the molecule is O[C@@H]1c2cc(Br)ccc2N=C2CCCN21. The number of benzene rings is 1. The smallest absolute Gasteiger partial charge is 0.156 e. The molecule has 0 amide bonds. The molecule has 1 fully saturated rings. The molecule has 1 N–H and O–H groups in total. The van der Waals surface area contributed by atoms with Crippen LogP contribution in [0.25, 0.3) is 0 Å². The van der Waals surface area contributed by atoms with Crippen molar-refractivity contribution in [3.05, 3.63) is 28.2 Å². The molecule has 1 saturated heterocycles. The summed E-state index contributed by atoms with van der Waals surface area (Å²) in [5, 5.41) is 10.2. The zero-order chi connectivity index (χ0) is 10.4. The van der Waals surface area contributed by atoms with Gasteiger partial charge in [-0.1, -0.05) is 15.9 Å². The average Bonchev–Trinajstić information content (AvgIpc) is 2.68. The molecule has 1 aromatic rings. The molecule has 0 aliphatic carbocycles. The molecular weight excluding hydrogens is 256 g/mol. The van der Waals surface area contributed by atoms with Gasteiger partial charge in [0.15, 0.2) is 6.23 Å². The molecule has 3 nitrogen and oxygen atoms in total. The standard InChI is InChI=1S/C11H11BrN2O/c12-7-3-4-9-8(6-7)11(15)14-5-1-2-10(14)13-9/h3-4,6,11,15H,1-2,5H2/t11-/m1/s1. The number of aliphatic hydroxyl groups excluding tert-OH is 1. The third-order valence-corrected chi connectivity index (χ3v) is 3.44. The molecular formula is C11H11BrN2O. The van der Waals surface area contributed by atoms with E-state index in [9.17, 15) is 5.11 Å². The molecule has 0 bridgehead atoms. The van der Waals surface area contributed by atoms with E-state index in [0.717, 1.165) is 40.9 Å². The Kier molecular flexibility index (Phi) is 2.07. The van der Waals surface area contributed by atoms with Gasteiger partial charge in [-0.15, -0.1) is 0 Å². The molecule has 15 heavy (non-hydrogen) atoms. The summed E-state index contributed by atoms with van der Waals surface area (Å²) in [5.74, 6) is 1.03. The fraction of sp³-hybridized carbons (Fsp3) is 0.364. The maximum Gasteiger partial charge on any atom is 0.156 e. The van der Waals surface area contributed by atoms with Crippen LogP contribution in [0.15, 0.2) is 27.7 Å². The number of halogens is 1. The third kappa shape index (κ3) is 1.40. The second-order valence-corrected chi connectivity index (χ2v) is 4.82. The number of fused-ring (bicyclic) bond motifs is 2. The van der Waals surface area contributed by atoms with Crippen molar-refractivity contribution in [2.75, 3.05) is 6.54 Å². The van der Waals surface area contributed by atoms with Gasteiger partial charge in [0, 0.05) is 23.0 Å². The van der Waals surface area contributed by atoms with Crippen molar-refractivity contribution in [1.82, 2.24) is 4.90 Å². The van der Waals surface area contributed by atoms with Crippen LogP contribution in [0.3, 0.4) is 0 Å². The van der Waals surface area contributed by atoms with E-state index in [2.05, 4.69) is 20.9 Å². The van der Waals surface area contributed by atoms with E-state index < -0.39 is 6.23 Å². The molecule has 0 aromatic heterocycles. The molecule has 0 spiro atoms. The number of aliphatic hydroxyl groups is 1. The summed E-state index contributed by atoms with van der Waals surface area (Å²) in [6, 6.07) is 5.85. The maximum atomic E-state index is 10.2. The van der Waals surface area contributed by atoms with Gasteiger partial charge in [-0.05, 0) is 24.6 Å². The van der Waals surface area contributed by atoms with Crippen LogP contribution in [0.2, 0.25) is 0 Å². The van der Waals surface area contributed by atoms with Gasteiger partial charge >= 0.3 is 0 Å². The summed E-state index contributed by atoms with van der Waals surface area (Å²) >= 11 is 3.41. The third-order valence-electron chi connectivity index (χ3n) is 2.94. The Balaban J connectivity index is 2.15. The Hall–Kier alpha value is -0.870. The Morgan fingerprint density at radius 2 is 2.33 bits per heavy atom. The average molecular weight is 267 g/mol. The topological polar surface area (TPSA) is 35.8 Å². The van der Waals surface area contributed by atoms with E-state index in [0.29, 0.717) is 0 Å². The van der Waals surface area contributed by atoms with Crippen LogP contribution in [0.5, 0.6) is 0 Å². The minimum Gasteiger partial charge on any atom is -0.369 e. The van der Waals surface area contributed by atoms with Crippen molar-refractivity contribution in [2.45, 2.75) is 19.1 Å². The summed E-state index contributed by atoms with van der Waals surface area (Å²) < 4.78 is 0.984. The van der Waals surface area contributed by atoms with E-state index in [4.69, 9.17) is 0 Å². The molecule has 0 saturated carbocycles. The van der Waals surface area contributed by atoms with Gasteiger partial charge in [0.05, 0.1) is 5.69 Å². The maximum absolute atomic E-state index is 10.2. The quantitative estimate of drug-likeness (QED) is 0.784. The first-order chi connectivity index (χ1) is 7.25. The predicted molar refractivity (Wildman–Crippen MR) is 62.1 cm³/mol. The molecule has 0 radical (unpaired) electrons. The molecule has 2 aliphatic rings. The Morgan fingerprint density at radius 3 is 3.20 bits per heavy atom. The number of hydrogen-bond acceptors (Lipinski definition) is 3. The normalized spacial score (nSPS) is 23.5. The molecule has 1 atom stereocenters. The van der Waals surface area contributed by atoms with Crippen LogP contribution in [0, 0.1) is 0 Å². The van der Waals surface area contributed by atoms with Gasteiger partial charge in [-0.25, -0.2) is 4.99 Å². The lowest BCUT2D eigenvalue weighted by atomic mass is 10.1. The number of nitrogens with zero attached hydrogens (tertiary/aromatic N) is 2. The first kappa shape index (κ1) is 9.36. The Bertz CT molecular complexity index is 444. The number of hydrogen-bond donors (Lipinski definition) is 1. The van der Waals surface area contributed by atoms with E-state index in [-0.39, 0.29) is 0 Å². The van der Waals surface area contributed by atoms with Crippen LogP contribution in [-0.2, 0) is 0 Å². The Morgan fingerprint density at radius 1 is 1.47 bits per heavy atom. The molecule has 2 aliphatic heterocycles. The first-order valence-electron chi connectivity index (χ1n) is 5.07. The Labute approximate surface area is 96.6 Å². The van der Waals surface area contributed by atoms with Gasteiger partial charge in [-0.2, -0.15) is 0 Å². The molecule has 3 rings (SSSR count). The van der Waals surface area contributed by atoms with Gasteiger partial charge in [0.1, 0.15) is 5.84 Å². The summed E-state index contributed by atoms with van der Waals surface area (Å²) in [7, 11) is 0. The lowest BCUT2D eigenvalue weighted by Gasteiger charge is -2.30. The van der Waals surface area contributed by atoms with Crippen LogP contribution in [-0.4, -0.2) is 22.4 Å². The molecule has 0 unspecified atom stereocenters.